The number of tetrazole rings is 1. The van der Waals surface area contributed by atoms with Gasteiger partial charge in [0.25, 0.3) is 11.7 Å². The zero-order valence-corrected chi connectivity index (χ0v) is 9.39. The van der Waals surface area contributed by atoms with Crippen molar-refractivity contribution in [2.75, 3.05) is 6.54 Å². The number of aromatic nitrogens is 4. The van der Waals surface area contributed by atoms with Gasteiger partial charge < -0.3 is 9.32 Å². The zero-order chi connectivity index (χ0) is 13.9. The lowest BCUT2D eigenvalue weighted by Crippen LogP contribution is -2.39. The van der Waals surface area contributed by atoms with Crippen LogP contribution in [0.2, 0.25) is 0 Å². The maximum atomic E-state index is 12.4. The first-order valence-electron chi connectivity index (χ1n) is 5.07. The number of carbonyl (C=O) groups is 1. The van der Waals surface area contributed by atoms with Gasteiger partial charge in [-0.15, -0.1) is 10.2 Å². The van der Waals surface area contributed by atoms with Crippen LogP contribution in [-0.2, 0) is 6.54 Å². The second-order valence-electron chi connectivity index (χ2n) is 3.59. The molecule has 0 spiro atoms. The molecule has 0 bridgehead atoms. The molecule has 0 aliphatic heterocycles. The van der Waals surface area contributed by atoms with E-state index in [0.29, 0.717) is 4.90 Å². The highest BCUT2D eigenvalue weighted by Gasteiger charge is 2.34. The molecule has 0 radical (unpaired) electrons. The molecular formula is C9H8F3N5O2. The van der Waals surface area contributed by atoms with Gasteiger partial charge in [0, 0.05) is 0 Å². The quantitative estimate of drug-likeness (QED) is 0.899. The maximum Gasteiger partial charge on any atom is 0.406 e. The van der Waals surface area contributed by atoms with Crippen molar-refractivity contribution < 1.29 is 22.4 Å². The van der Waals surface area contributed by atoms with Gasteiger partial charge in [0.1, 0.15) is 12.3 Å². The van der Waals surface area contributed by atoms with Crippen LogP contribution in [0.1, 0.15) is 16.4 Å². The first kappa shape index (κ1) is 13.1. The summed E-state index contributed by atoms with van der Waals surface area (Å²) in [6.45, 7) is -1.76. The third-order valence-corrected chi connectivity index (χ3v) is 2.12. The topological polar surface area (TPSA) is 87.9 Å². The highest BCUT2D eigenvalue weighted by molar-refractivity contribution is 5.90. The van der Waals surface area contributed by atoms with E-state index in [9.17, 15) is 18.0 Å². The molecule has 7 nitrogen and oxygen atoms in total. The summed E-state index contributed by atoms with van der Waals surface area (Å²) < 4.78 is 42.3. The normalized spacial score (nSPS) is 11.5. The van der Waals surface area contributed by atoms with Crippen LogP contribution in [0.3, 0.4) is 0 Å². The number of carbonyl (C=O) groups excluding carboxylic acids is 1. The van der Waals surface area contributed by atoms with Crippen LogP contribution in [0.4, 0.5) is 13.2 Å². The number of aromatic amines is 1. The van der Waals surface area contributed by atoms with Gasteiger partial charge in [-0.3, -0.25) is 4.79 Å². The molecule has 19 heavy (non-hydrogen) atoms. The van der Waals surface area contributed by atoms with Gasteiger partial charge in [-0.05, 0) is 17.3 Å². The average molecular weight is 275 g/mol. The summed E-state index contributed by atoms with van der Waals surface area (Å²) in [5.74, 6) is -1.20. The second-order valence-corrected chi connectivity index (χ2v) is 3.59. The Labute approximate surface area is 104 Å². The molecule has 102 valence electrons. The van der Waals surface area contributed by atoms with E-state index >= 15 is 0 Å². The molecule has 10 heteroatoms. The molecule has 0 aliphatic rings. The Hall–Kier alpha value is -2.39. The first-order chi connectivity index (χ1) is 8.96. The van der Waals surface area contributed by atoms with Crippen molar-refractivity contribution in [1.29, 1.82) is 0 Å². The highest BCUT2D eigenvalue weighted by atomic mass is 19.4. The zero-order valence-electron chi connectivity index (χ0n) is 9.39. The summed E-state index contributed by atoms with van der Waals surface area (Å²) in [6, 6.07) is 2.98. The third-order valence-electron chi connectivity index (χ3n) is 2.12. The summed E-state index contributed by atoms with van der Waals surface area (Å²) in [7, 11) is 0. The van der Waals surface area contributed by atoms with Crippen molar-refractivity contribution in [3.63, 3.8) is 0 Å². The molecule has 2 rings (SSSR count). The van der Waals surface area contributed by atoms with Gasteiger partial charge >= 0.3 is 6.18 Å². The number of nitrogens with zero attached hydrogens (tertiary/aromatic N) is 4. The van der Waals surface area contributed by atoms with E-state index in [0.717, 1.165) is 0 Å². The molecule has 2 aromatic rings. The van der Waals surface area contributed by atoms with Gasteiger partial charge in [0.2, 0.25) is 0 Å². The Morgan fingerprint density at radius 3 is 2.79 bits per heavy atom. The lowest BCUT2D eigenvalue weighted by molar-refractivity contribution is -0.142. The van der Waals surface area contributed by atoms with Crippen molar-refractivity contribution in [3.05, 3.63) is 30.0 Å². The van der Waals surface area contributed by atoms with Crippen LogP contribution < -0.4 is 0 Å². The van der Waals surface area contributed by atoms with E-state index in [1.807, 2.05) is 5.21 Å². The fourth-order valence-corrected chi connectivity index (χ4v) is 1.40. The monoisotopic (exact) mass is 275 g/mol. The third kappa shape index (κ3) is 3.53. The van der Waals surface area contributed by atoms with Crippen LogP contribution in [0, 0.1) is 0 Å². The predicted molar refractivity (Wildman–Crippen MR) is 53.7 cm³/mol. The predicted octanol–water partition coefficient (Wildman–Crippen LogP) is 0.997. The van der Waals surface area contributed by atoms with Gasteiger partial charge in [-0.2, -0.15) is 18.4 Å². The van der Waals surface area contributed by atoms with E-state index in [2.05, 4.69) is 15.4 Å². The number of alkyl halides is 3. The molecule has 0 fully saturated rings. The van der Waals surface area contributed by atoms with Crippen LogP contribution in [-0.4, -0.2) is 44.2 Å². The minimum Gasteiger partial charge on any atom is -0.467 e. The lowest BCUT2D eigenvalue weighted by atomic mass is 10.3. The van der Waals surface area contributed by atoms with Gasteiger partial charge in [-0.25, -0.2) is 0 Å². The Morgan fingerprint density at radius 2 is 2.26 bits per heavy atom. The largest absolute Gasteiger partial charge is 0.467 e. The van der Waals surface area contributed by atoms with Crippen LogP contribution in [0.15, 0.2) is 22.8 Å². The first-order valence-corrected chi connectivity index (χ1v) is 5.07. The van der Waals surface area contributed by atoms with Crippen LogP contribution in [0.25, 0.3) is 0 Å². The van der Waals surface area contributed by atoms with Gasteiger partial charge in [0.15, 0.2) is 0 Å². The van der Waals surface area contributed by atoms with E-state index in [1.165, 1.54) is 18.4 Å². The molecule has 0 saturated carbocycles. The Bertz CT molecular complexity index is 523. The molecule has 2 aromatic heterocycles. The number of furan rings is 1. The second kappa shape index (κ2) is 5.08. The molecule has 0 unspecified atom stereocenters. The highest BCUT2D eigenvalue weighted by Crippen LogP contribution is 2.19. The van der Waals surface area contributed by atoms with E-state index in [4.69, 9.17) is 4.42 Å². The molecule has 0 atom stereocenters. The SMILES string of the molecule is O=C(c1nn[nH]n1)N(Cc1ccco1)CC(F)(F)F. The molecule has 2 heterocycles. The fraction of sp³-hybridized carbons (Fsp3) is 0.333. The smallest absolute Gasteiger partial charge is 0.406 e. The summed E-state index contributed by atoms with van der Waals surface area (Å²) in [5.41, 5.74) is 0. The number of hydrogen-bond acceptors (Lipinski definition) is 5. The Morgan fingerprint density at radius 1 is 1.47 bits per heavy atom. The number of rotatable bonds is 4. The fourth-order valence-electron chi connectivity index (χ4n) is 1.40. The minimum absolute atomic E-state index is 0.223. The Kier molecular flexibility index (Phi) is 3.49. The molecule has 1 amide bonds. The van der Waals surface area contributed by atoms with Crippen LogP contribution >= 0.6 is 0 Å². The van der Waals surface area contributed by atoms with Crippen LogP contribution in [0.5, 0.6) is 0 Å². The number of hydrogen-bond donors (Lipinski definition) is 1. The summed E-state index contributed by atoms with van der Waals surface area (Å²) in [4.78, 5) is 12.3. The van der Waals surface area contributed by atoms with Crippen molar-refractivity contribution >= 4 is 5.91 Å². The summed E-state index contributed by atoms with van der Waals surface area (Å²) in [5, 5.41) is 11.9. The molecule has 1 N–H and O–H groups in total. The van der Waals surface area contributed by atoms with E-state index in [-0.39, 0.29) is 12.3 Å². The molecule has 0 saturated heterocycles. The standard InChI is InChI=1S/C9H8F3N5O2/c10-9(11,12)5-17(4-6-2-1-3-19-6)8(18)7-13-15-16-14-7/h1-3H,4-5H2,(H,13,14,15,16). The van der Waals surface area contributed by atoms with Gasteiger partial charge in [0.05, 0.1) is 12.8 Å². The molecule has 0 aliphatic carbocycles. The van der Waals surface area contributed by atoms with Crippen molar-refractivity contribution in [1.82, 2.24) is 25.5 Å². The average Bonchev–Trinajstić information content (AvgIpc) is 2.98. The van der Waals surface area contributed by atoms with E-state index in [1.54, 1.807) is 0 Å². The van der Waals surface area contributed by atoms with Gasteiger partial charge in [-0.1, -0.05) is 0 Å². The lowest BCUT2D eigenvalue weighted by Gasteiger charge is -2.21. The number of nitrogens with one attached hydrogen (secondary N) is 1. The van der Waals surface area contributed by atoms with Crippen molar-refractivity contribution in [2.24, 2.45) is 0 Å². The number of H-pyrrole nitrogens is 1. The molecule has 0 aromatic carbocycles. The maximum absolute atomic E-state index is 12.4. The van der Waals surface area contributed by atoms with Crippen molar-refractivity contribution in [2.45, 2.75) is 12.7 Å². The molecular weight excluding hydrogens is 267 g/mol. The number of halogens is 3. The minimum atomic E-state index is -4.54. The summed E-state index contributed by atoms with van der Waals surface area (Å²) >= 11 is 0. The van der Waals surface area contributed by atoms with Crippen molar-refractivity contribution in [3.8, 4) is 0 Å². The number of amides is 1. The summed E-state index contributed by atoms with van der Waals surface area (Å²) in [6.07, 6.45) is -3.23. The Balaban J connectivity index is 2.16. The van der Waals surface area contributed by atoms with E-state index < -0.39 is 24.5 Å².